The fourth-order valence-corrected chi connectivity index (χ4v) is 5.02. The van der Waals surface area contributed by atoms with Crippen molar-refractivity contribution < 1.29 is 4.79 Å². The summed E-state index contributed by atoms with van der Waals surface area (Å²) in [5.41, 5.74) is 7.79. The van der Waals surface area contributed by atoms with Crippen LogP contribution in [0.1, 0.15) is 60.8 Å². The lowest BCUT2D eigenvalue weighted by atomic mass is 10.0. The Hall–Kier alpha value is -3.14. The average Bonchev–Trinajstić information content (AvgIpc) is 3.10. The minimum Gasteiger partial charge on any atom is -0.317 e. The summed E-state index contributed by atoms with van der Waals surface area (Å²) in [6.45, 7) is 6.86. The number of aryl methyl sites for hydroxylation is 3. The molecule has 0 atom stereocenters. The van der Waals surface area contributed by atoms with Crippen LogP contribution >= 0.6 is 0 Å². The highest BCUT2D eigenvalue weighted by molar-refractivity contribution is 5.91. The van der Waals surface area contributed by atoms with Gasteiger partial charge in [0.25, 0.3) is 0 Å². The van der Waals surface area contributed by atoms with Crippen LogP contribution < -0.4 is 5.32 Å². The molecule has 3 aromatic rings. The van der Waals surface area contributed by atoms with Crippen molar-refractivity contribution in [2.45, 2.75) is 71.9 Å². The van der Waals surface area contributed by atoms with E-state index in [9.17, 15) is 4.79 Å². The van der Waals surface area contributed by atoms with Gasteiger partial charge in [0.05, 0.1) is 0 Å². The van der Waals surface area contributed by atoms with Crippen LogP contribution in [0.4, 0.5) is 10.5 Å². The monoisotopic (exact) mass is 441 g/mol. The van der Waals surface area contributed by atoms with Crippen molar-refractivity contribution in [3.63, 3.8) is 0 Å². The number of nitrogens with one attached hydrogen (secondary N) is 1. The molecule has 0 radical (unpaired) electrons. The number of pyridine rings is 1. The molecule has 2 amide bonds. The molecule has 0 aliphatic heterocycles. The third kappa shape index (κ3) is 5.81. The summed E-state index contributed by atoms with van der Waals surface area (Å²) in [5, 5.41) is 3.26. The SMILES string of the molecule is Cc1cc(C)c(NC(=O)N(Cc2ccc(-c3cccnc3)cc2)C2CCCCCC2)c(C)c1. The summed E-state index contributed by atoms with van der Waals surface area (Å²) in [4.78, 5) is 19.9. The number of rotatable bonds is 5. The zero-order chi connectivity index (χ0) is 23.2. The highest BCUT2D eigenvalue weighted by atomic mass is 16.2. The standard InChI is InChI=1S/C29H35N3O/c1-21-17-22(2)28(23(3)18-21)31-29(33)32(27-10-6-4-5-7-11-27)20-24-12-14-25(15-13-24)26-9-8-16-30-19-26/h8-9,12-19,27H,4-7,10-11,20H2,1-3H3,(H,31,33). The molecule has 1 N–H and O–H groups in total. The molecular weight excluding hydrogens is 406 g/mol. The van der Waals surface area contributed by atoms with Crippen LogP contribution in [0.15, 0.2) is 60.9 Å². The Morgan fingerprint density at radius 3 is 2.21 bits per heavy atom. The van der Waals surface area contributed by atoms with Gasteiger partial charge in [-0.2, -0.15) is 0 Å². The largest absolute Gasteiger partial charge is 0.322 e. The third-order valence-electron chi connectivity index (χ3n) is 6.74. The van der Waals surface area contributed by atoms with Gasteiger partial charge >= 0.3 is 6.03 Å². The number of nitrogens with zero attached hydrogens (tertiary/aromatic N) is 2. The molecule has 2 aromatic carbocycles. The molecule has 1 saturated carbocycles. The van der Waals surface area contributed by atoms with Crippen LogP contribution in [0.3, 0.4) is 0 Å². The summed E-state index contributed by atoms with van der Waals surface area (Å²) in [6.07, 6.45) is 10.7. The van der Waals surface area contributed by atoms with Gasteiger partial charge in [0.1, 0.15) is 0 Å². The van der Waals surface area contributed by atoms with E-state index in [4.69, 9.17) is 0 Å². The molecule has 172 valence electrons. The van der Waals surface area contributed by atoms with Gasteiger partial charge < -0.3 is 10.2 Å². The second-order valence-electron chi connectivity index (χ2n) is 9.42. The first-order valence-electron chi connectivity index (χ1n) is 12.2. The van der Waals surface area contributed by atoms with E-state index in [0.717, 1.165) is 46.3 Å². The molecule has 0 spiro atoms. The summed E-state index contributed by atoms with van der Waals surface area (Å²) in [7, 11) is 0. The van der Waals surface area contributed by atoms with Crippen molar-refractivity contribution in [1.82, 2.24) is 9.88 Å². The summed E-state index contributed by atoms with van der Waals surface area (Å²) in [6, 6.07) is 17.1. The fourth-order valence-electron chi connectivity index (χ4n) is 5.02. The lowest BCUT2D eigenvalue weighted by molar-refractivity contribution is 0.175. The van der Waals surface area contributed by atoms with Crippen molar-refractivity contribution >= 4 is 11.7 Å². The molecule has 1 aliphatic carbocycles. The Kier molecular flexibility index (Phi) is 7.43. The number of anilines is 1. The van der Waals surface area contributed by atoms with Gasteiger partial charge in [0.15, 0.2) is 0 Å². The predicted molar refractivity (Wildman–Crippen MR) is 136 cm³/mol. The molecular formula is C29H35N3O. The van der Waals surface area contributed by atoms with E-state index in [0.29, 0.717) is 6.54 Å². The fraction of sp³-hybridized carbons (Fsp3) is 0.379. The van der Waals surface area contributed by atoms with E-state index in [-0.39, 0.29) is 12.1 Å². The smallest absolute Gasteiger partial charge is 0.317 e. The zero-order valence-electron chi connectivity index (χ0n) is 20.1. The normalized spacial score (nSPS) is 14.5. The molecule has 1 fully saturated rings. The van der Waals surface area contributed by atoms with Crippen LogP contribution in [0, 0.1) is 20.8 Å². The lowest BCUT2D eigenvalue weighted by Crippen LogP contribution is -2.42. The Balaban J connectivity index is 1.56. The molecule has 1 heterocycles. The quantitative estimate of drug-likeness (QED) is 0.418. The number of carbonyl (C=O) groups excluding carboxylic acids is 1. The van der Waals surface area contributed by atoms with Gasteiger partial charge in [-0.3, -0.25) is 4.98 Å². The molecule has 33 heavy (non-hydrogen) atoms. The molecule has 4 rings (SSSR count). The minimum atomic E-state index is 0.00767. The van der Waals surface area contributed by atoms with Gasteiger partial charge in [0.2, 0.25) is 0 Å². The summed E-state index contributed by atoms with van der Waals surface area (Å²) in [5.74, 6) is 0. The Morgan fingerprint density at radius 1 is 0.939 bits per heavy atom. The van der Waals surface area contributed by atoms with E-state index in [1.165, 1.54) is 31.2 Å². The van der Waals surface area contributed by atoms with Crippen molar-refractivity contribution in [3.05, 3.63) is 83.2 Å². The number of benzene rings is 2. The lowest BCUT2D eigenvalue weighted by Gasteiger charge is -2.32. The van der Waals surface area contributed by atoms with Gasteiger partial charge in [-0.15, -0.1) is 0 Å². The van der Waals surface area contributed by atoms with Crippen LogP contribution in [0.2, 0.25) is 0 Å². The van der Waals surface area contributed by atoms with E-state index < -0.39 is 0 Å². The zero-order valence-corrected chi connectivity index (χ0v) is 20.1. The summed E-state index contributed by atoms with van der Waals surface area (Å²) < 4.78 is 0. The first-order valence-corrected chi connectivity index (χ1v) is 12.2. The van der Waals surface area contributed by atoms with E-state index in [2.05, 4.69) is 78.4 Å². The van der Waals surface area contributed by atoms with E-state index in [1.54, 1.807) is 6.20 Å². The minimum absolute atomic E-state index is 0.00767. The maximum Gasteiger partial charge on any atom is 0.322 e. The maximum absolute atomic E-state index is 13.6. The molecule has 0 unspecified atom stereocenters. The van der Waals surface area contributed by atoms with Crippen LogP contribution in [-0.2, 0) is 6.54 Å². The number of amides is 2. The topological polar surface area (TPSA) is 45.2 Å². The van der Waals surface area contributed by atoms with E-state index in [1.807, 2.05) is 12.3 Å². The van der Waals surface area contributed by atoms with Crippen molar-refractivity contribution in [2.24, 2.45) is 0 Å². The first-order chi connectivity index (χ1) is 16.0. The predicted octanol–water partition coefficient (Wildman–Crippen LogP) is 7.43. The Bertz CT molecular complexity index is 1040. The number of carbonyl (C=O) groups is 1. The number of hydrogen-bond acceptors (Lipinski definition) is 2. The van der Waals surface area contributed by atoms with Gasteiger partial charge in [-0.05, 0) is 67.5 Å². The van der Waals surface area contributed by atoms with Crippen molar-refractivity contribution in [1.29, 1.82) is 0 Å². The van der Waals surface area contributed by atoms with Crippen LogP contribution in [0.5, 0.6) is 0 Å². The molecule has 4 heteroatoms. The molecule has 4 nitrogen and oxygen atoms in total. The number of urea groups is 1. The highest BCUT2D eigenvalue weighted by Gasteiger charge is 2.25. The van der Waals surface area contributed by atoms with Gasteiger partial charge in [-0.25, -0.2) is 4.79 Å². The van der Waals surface area contributed by atoms with E-state index >= 15 is 0 Å². The molecule has 1 aliphatic rings. The molecule has 1 aromatic heterocycles. The van der Waals surface area contributed by atoms with Gasteiger partial charge in [0, 0.05) is 30.7 Å². The van der Waals surface area contributed by atoms with Crippen LogP contribution in [-0.4, -0.2) is 22.0 Å². The summed E-state index contributed by atoms with van der Waals surface area (Å²) >= 11 is 0. The van der Waals surface area contributed by atoms with Crippen molar-refractivity contribution in [2.75, 3.05) is 5.32 Å². The second-order valence-corrected chi connectivity index (χ2v) is 9.42. The first kappa shape index (κ1) is 23.0. The third-order valence-corrected chi connectivity index (χ3v) is 6.74. The van der Waals surface area contributed by atoms with Gasteiger partial charge in [-0.1, -0.05) is 73.7 Å². The van der Waals surface area contributed by atoms with Crippen molar-refractivity contribution in [3.8, 4) is 11.1 Å². The highest BCUT2D eigenvalue weighted by Crippen LogP contribution is 2.27. The molecule has 0 bridgehead atoms. The number of hydrogen-bond donors (Lipinski definition) is 1. The number of aromatic nitrogens is 1. The second kappa shape index (κ2) is 10.7. The average molecular weight is 442 g/mol. The molecule has 0 saturated heterocycles. The Labute approximate surface area is 198 Å². The van der Waals surface area contributed by atoms with Crippen LogP contribution in [0.25, 0.3) is 11.1 Å². The Morgan fingerprint density at radius 2 is 1.61 bits per heavy atom. The maximum atomic E-state index is 13.6.